The van der Waals surface area contributed by atoms with Crippen LogP contribution in [-0.2, 0) is 19.0 Å². The number of urea groups is 1. The number of rotatable bonds is 7. The third-order valence-corrected chi connectivity index (χ3v) is 4.21. The van der Waals surface area contributed by atoms with Crippen LogP contribution in [0.15, 0.2) is 12.7 Å². The van der Waals surface area contributed by atoms with Crippen molar-refractivity contribution < 1.29 is 33.4 Å². The number of nitrogens with one attached hydrogen (secondary N) is 1. The molecule has 0 spiro atoms. The van der Waals surface area contributed by atoms with E-state index in [0.717, 1.165) is 0 Å². The van der Waals surface area contributed by atoms with Crippen LogP contribution >= 0.6 is 11.6 Å². The normalized spacial score (nSPS) is 19.0. The summed E-state index contributed by atoms with van der Waals surface area (Å²) in [7, 11) is 0. The van der Waals surface area contributed by atoms with Crippen LogP contribution in [-0.4, -0.2) is 57.8 Å². The summed E-state index contributed by atoms with van der Waals surface area (Å²) in [6.07, 6.45) is -0.0581. The molecule has 0 unspecified atom stereocenters. The first-order valence-electron chi connectivity index (χ1n) is 9.68. The third-order valence-electron chi connectivity index (χ3n) is 3.74. The molecule has 1 aliphatic rings. The number of allylic oxidation sites excluding steroid dienone is 1. The summed E-state index contributed by atoms with van der Waals surface area (Å²) in [4.78, 5) is 49.9. The van der Waals surface area contributed by atoms with Crippen LogP contribution in [0.2, 0.25) is 0 Å². The van der Waals surface area contributed by atoms with Crippen molar-refractivity contribution in [2.24, 2.45) is 0 Å². The van der Waals surface area contributed by atoms with E-state index in [1.165, 1.54) is 0 Å². The number of nitrogens with zero attached hydrogens (tertiary/aromatic N) is 1. The van der Waals surface area contributed by atoms with Crippen LogP contribution in [0.25, 0.3) is 0 Å². The van der Waals surface area contributed by atoms with Gasteiger partial charge in [0.1, 0.15) is 17.2 Å². The van der Waals surface area contributed by atoms with Crippen LogP contribution in [0.3, 0.4) is 0 Å². The van der Waals surface area contributed by atoms with Gasteiger partial charge in [-0.15, -0.1) is 18.2 Å². The lowest BCUT2D eigenvalue weighted by Gasteiger charge is -2.28. The fraction of sp³-hybridized carbons (Fsp3) is 0.700. The average Bonchev–Trinajstić information content (AvgIpc) is 2.84. The standard InChI is InChI=1S/C20H31ClN2O7/c1-8-9-10-11-12(21)14(28-18(27)30-20(5,6)7)13-15(24)23(16(25)22-13)17(26)29-19(2,3)4/h8,12-14H,1,9-11H2,2-7H3,(H,22,25)/t12-,13-,14-/m1/s1. The number of ether oxygens (including phenoxy) is 3. The van der Waals surface area contributed by atoms with E-state index in [1.54, 1.807) is 47.6 Å². The molecule has 170 valence electrons. The first-order chi connectivity index (χ1) is 13.7. The molecule has 0 aromatic carbocycles. The Hall–Kier alpha value is -2.29. The largest absolute Gasteiger partial charge is 0.509 e. The van der Waals surface area contributed by atoms with Crippen LogP contribution in [0.4, 0.5) is 14.4 Å². The first-order valence-corrected chi connectivity index (χ1v) is 10.1. The molecule has 0 saturated carbocycles. The van der Waals surface area contributed by atoms with E-state index in [2.05, 4.69) is 11.9 Å². The summed E-state index contributed by atoms with van der Waals surface area (Å²) in [6, 6.07) is -2.34. The molecular formula is C20H31ClN2O7. The summed E-state index contributed by atoms with van der Waals surface area (Å²) in [6.45, 7) is 13.4. The highest BCUT2D eigenvalue weighted by Gasteiger charge is 2.50. The third kappa shape index (κ3) is 7.85. The number of hydrogen-bond donors (Lipinski definition) is 1. The quantitative estimate of drug-likeness (QED) is 0.206. The predicted molar refractivity (Wildman–Crippen MR) is 110 cm³/mol. The maximum absolute atomic E-state index is 12.8. The van der Waals surface area contributed by atoms with Gasteiger partial charge in [-0.25, -0.2) is 14.4 Å². The van der Waals surface area contributed by atoms with E-state index < -0.39 is 52.9 Å². The molecule has 3 atom stereocenters. The Labute approximate surface area is 182 Å². The van der Waals surface area contributed by atoms with Gasteiger partial charge in [-0.05, 0) is 60.8 Å². The Balaban J connectivity index is 3.06. The van der Waals surface area contributed by atoms with Gasteiger partial charge in [-0.3, -0.25) is 4.79 Å². The van der Waals surface area contributed by atoms with Crippen molar-refractivity contribution in [1.82, 2.24) is 10.2 Å². The van der Waals surface area contributed by atoms with E-state index in [4.69, 9.17) is 25.8 Å². The summed E-state index contributed by atoms with van der Waals surface area (Å²) in [5.41, 5.74) is -1.75. The van der Waals surface area contributed by atoms with Crippen molar-refractivity contribution in [2.45, 2.75) is 89.5 Å². The van der Waals surface area contributed by atoms with Gasteiger partial charge in [0, 0.05) is 0 Å². The van der Waals surface area contributed by atoms with Crippen LogP contribution in [0.1, 0.15) is 60.8 Å². The Kier molecular flexibility index (Phi) is 8.71. The van der Waals surface area contributed by atoms with Gasteiger partial charge >= 0.3 is 18.3 Å². The summed E-state index contributed by atoms with van der Waals surface area (Å²) in [5.74, 6) is -0.919. The lowest BCUT2D eigenvalue weighted by Crippen LogP contribution is -2.49. The van der Waals surface area contributed by atoms with Crippen molar-refractivity contribution in [2.75, 3.05) is 0 Å². The highest BCUT2D eigenvalue weighted by atomic mass is 35.5. The lowest BCUT2D eigenvalue weighted by atomic mass is 10.0. The monoisotopic (exact) mass is 446 g/mol. The summed E-state index contributed by atoms with van der Waals surface area (Å²) < 4.78 is 15.6. The van der Waals surface area contributed by atoms with Gasteiger partial charge in [-0.1, -0.05) is 6.08 Å². The number of alkyl halides is 1. The maximum atomic E-state index is 12.8. The van der Waals surface area contributed by atoms with E-state index in [0.29, 0.717) is 24.2 Å². The highest BCUT2D eigenvalue weighted by molar-refractivity contribution is 6.22. The Bertz CT molecular complexity index is 682. The van der Waals surface area contributed by atoms with Crippen LogP contribution in [0, 0.1) is 0 Å². The lowest BCUT2D eigenvalue weighted by molar-refractivity contribution is -0.129. The van der Waals surface area contributed by atoms with Crippen molar-refractivity contribution in [3.8, 4) is 0 Å². The zero-order chi connectivity index (χ0) is 23.3. The van der Waals surface area contributed by atoms with Crippen molar-refractivity contribution in [1.29, 1.82) is 0 Å². The van der Waals surface area contributed by atoms with Crippen molar-refractivity contribution >= 4 is 35.8 Å². The van der Waals surface area contributed by atoms with E-state index in [-0.39, 0.29) is 0 Å². The number of halogens is 1. The minimum atomic E-state index is -1.36. The minimum Gasteiger partial charge on any atom is -0.443 e. The minimum absolute atomic E-state index is 0.342. The van der Waals surface area contributed by atoms with Gasteiger partial charge in [0.25, 0.3) is 5.91 Å². The second-order valence-electron chi connectivity index (χ2n) is 8.86. The van der Waals surface area contributed by atoms with Crippen molar-refractivity contribution in [3.05, 3.63) is 12.7 Å². The molecule has 1 fully saturated rings. The Morgan fingerprint density at radius 3 is 2.23 bits per heavy atom. The highest BCUT2D eigenvalue weighted by Crippen LogP contribution is 2.24. The maximum Gasteiger partial charge on any atom is 0.509 e. The smallest absolute Gasteiger partial charge is 0.443 e. The zero-order valence-corrected chi connectivity index (χ0v) is 19.1. The predicted octanol–water partition coefficient (Wildman–Crippen LogP) is 4.13. The van der Waals surface area contributed by atoms with Crippen molar-refractivity contribution in [3.63, 3.8) is 0 Å². The Morgan fingerprint density at radius 2 is 1.73 bits per heavy atom. The molecule has 9 nitrogen and oxygen atoms in total. The molecule has 4 amide bonds. The molecule has 0 bridgehead atoms. The number of carbonyl (C=O) groups excluding carboxylic acids is 4. The molecule has 0 aliphatic carbocycles. The molecule has 1 rings (SSSR count). The van der Waals surface area contributed by atoms with Gasteiger partial charge in [0.15, 0.2) is 6.10 Å². The molecular weight excluding hydrogens is 416 g/mol. The molecule has 0 aromatic rings. The SMILES string of the molecule is C=CCCC[C@@H](Cl)[C@@H](OC(=O)OC(C)(C)C)[C@H]1NC(=O)N(C(=O)OC(C)(C)C)C1=O. The van der Waals surface area contributed by atoms with Gasteiger partial charge < -0.3 is 19.5 Å². The number of unbranched alkanes of at least 4 members (excludes halogenated alkanes) is 1. The first kappa shape index (κ1) is 25.7. The molecule has 1 saturated heterocycles. The number of hydrogen-bond acceptors (Lipinski definition) is 7. The summed E-state index contributed by atoms with van der Waals surface area (Å²) >= 11 is 6.42. The number of carbonyl (C=O) groups is 4. The molecule has 1 aliphatic heterocycles. The topological polar surface area (TPSA) is 111 Å². The van der Waals surface area contributed by atoms with Gasteiger partial charge in [0.05, 0.1) is 5.38 Å². The van der Waals surface area contributed by atoms with E-state index >= 15 is 0 Å². The molecule has 1 N–H and O–H groups in total. The molecule has 10 heteroatoms. The summed E-state index contributed by atoms with van der Waals surface area (Å²) in [5, 5.41) is 1.53. The number of imide groups is 3. The Morgan fingerprint density at radius 1 is 1.17 bits per heavy atom. The molecule has 1 heterocycles. The second-order valence-corrected chi connectivity index (χ2v) is 9.42. The second kappa shape index (κ2) is 10.1. The molecule has 0 aromatic heterocycles. The van der Waals surface area contributed by atoms with Gasteiger partial charge in [0.2, 0.25) is 0 Å². The fourth-order valence-electron chi connectivity index (χ4n) is 2.56. The fourth-order valence-corrected chi connectivity index (χ4v) is 2.91. The average molecular weight is 447 g/mol. The van der Waals surface area contributed by atoms with Crippen LogP contribution < -0.4 is 5.32 Å². The van der Waals surface area contributed by atoms with Crippen LogP contribution in [0.5, 0.6) is 0 Å². The number of amides is 4. The molecule has 0 radical (unpaired) electrons. The van der Waals surface area contributed by atoms with Gasteiger partial charge in [-0.2, -0.15) is 4.90 Å². The zero-order valence-electron chi connectivity index (χ0n) is 18.3. The van der Waals surface area contributed by atoms with E-state index in [1.807, 2.05) is 0 Å². The molecule has 30 heavy (non-hydrogen) atoms. The van der Waals surface area contributed by atoms with E-state index in [9.17, 15) is 19.2 Å².